The summed E-state index contributed by atoms with van der Waals surface area (Å²) >= 11 is 0. The van der Waals surface area contributed by atoms with Crippen LogP contribution in [0, 0.1) is 17.2 Å². The second-order valence-electron chi connectivity index (χ2n) is 5.30. The molecule has 0 amide bonds. The van der Waals surface area contributed by atoms with Gasteiger partial charge in [0.15, 0.2) is 0 Å². The molecule has 1 aliphatic rings. The zero-order valence-electron chi connectivity index (χ0n) is 9.33. The van der Waals surface area contributed by atoms with Gasteiger partial charge in [0.2, 0.25) is 0 Å². The molecule has 2 unspecified atom stereocenters. The molecule has 1 aromatic carbocycles. The summed E-state index contributed by atoms with van der Waals surface area (Å²) in [5, 5.41) is 0. The van der Waals surface area contributed by atoms with Crippen molar-refractivity contribution in [3.63, 3.8) is 0 Å². The SMILES string of the molecule is CC1(C)CC1C(N)Cc1cccc(F)c1. The molecule has 0 radical (unpaired) electrons. The molecule has 1 aliphatic carbocycles. The fraction of sp³-hybridized carbons (Fsp3) is 0.538. The van der Waals surface area contributed by atoms with Gasteiger partial charge in [0.1, 0.15) is 5.82 Å². The lowest BCUT2D eigenvalue weighted by atomic mass is 9.98. The van der Waals surface area contributed by atoms with Crippen LogP contribution in [-0.4, -0.2) is 6.04 Å². The highest BCUT2D eigenvalue weighted by Gasteiger charge is 2.48. The van der Waals surface area contributed by atoms with Crippen LogP contribution in [0.25, 0.3) is 0 Å². The molecule has 1 aromatic rings. The van der Waals surface area contributed by atoms with Crippen LogP contribution >= 0.6 is 0 Å². The van der Waals surface area contributed by atoms with Crippen molar-refractivity contribution in [2.75, 3.05) is 0 Å². The normalized spacial score (nSPS) is 24.9. The Kier molecular flexibility index (Phi) is 2.55. The fourth-order valence-corrected chi connectivity index (χ4v) is 2.32. The van der Waals surface area contributed by atoms with Crippen LogP contribution < -0.4 is 5.73 Å². The van der Waals surface area contributed by atoms with Crippen LogP contribution in [0.3, 0.4) is 0 Å². The monoisotopic (exact) mass is 207 g/mol. The summed E-state index contributed by atoms with van der Waals surface area (Å²) in [5.74, 6) is 0.426. The Bertz CT molecular complexity index is 359. The first-order valence-corrected chi connectivity index (χ1v) is 5.49. The van der Waals surface area contributed by atoms with E-state index >= 15 is 0 Å². The molecule has 15 heavy (non-hydrogen) atoms. The molecule has 1 saturated carbocycles. The average molecular weight is 207 g/mol. The van der Waals surface area contributed by atoms with Gasteiger partial charge in [-0.3, -0.25) is 0 Å². The number of hydrogen-bond donors (Lipinski definition) is 1. The maximum absolute atomic E-state index is 12.9. The molecular formula is C13H18FN. The molecule has 0 spiro atoms. The van der Waals surface area contributed by atoms with Crippen molar-refractivity contribution in [3.05, 3.63) is 35.6 Å². The summed E-state index contributed by atoms with van der Waals surface area (Å²) in [6, 6.07) is 6.90. The molecule has 2 atom stereocenters. The van der Waals surface area contributed by atoms with Gasteiger partial charge in [-0.1, -0.05) is 26.0 Å². The van der Waals surface area contributed by atoms with Gasteiger partial charge in [0, 0.05) is 6.04 Å². The quantitative estimate of drug-likeness (QED) is 0.810. The van der Waals surface area contributed by atoms with E-state index in [4.69, 9.17) is 5.73 Å². The lowest BCUT2D eigenvalue weighted by molar-refractivity contribution is 0.476. The van der Waals surface area contributed by atoms with Gasteiger partial charge in [0.25, 0.3) is 0 Å². The molecule has 0 aromatic heterocycles. The van der Waals surface area contributed by atoms with E-state index in [0.29, 0.717) is 11.3 Å². The third-order valence-electron chi connectivity index (χ3n) is 3.47. The summed E-state index contributed by atoms with van der Waals surface area (Å²) in [6.07, 6.45) is 1.98. The van der Waals surface area contributed by atoms with Crippen LogP contribution in [-0.2, 0) is 6.42 Å². The minimum Gasteiger partial charge on any atom is -0.327 e. The van der Waals surface area contributed by atoms with Crippen molar-refractivity contribution in [2.45, 2.75) is 32.7 Å². The number of benzene rings is 1. The average Bonchev–Trinajstić information content (AvgIpc) is 2.75. The third-order valence-corrected chi connectivity index (χ3v) is 3.47. The van der Waals surface area contributed by atoms with Gasteiger partial charge in [-0.2, -0.15) is 0 Å². The second kappa shape index (κ2) is 3.60. The number of rotatable bonds is 3. The van der Waals surface area contributed by atoms with Gasteiger partial charge >= 0.3 is 0 Å². The van der Waals surface area contributed by atoms with Crippen molar-refractivity contribution < 1.29 is 4.39 Å². The van der Waals surface area contributed by atoms with Crippen molar-refractivity contribution in [2.24, 2.45) is 17.1 Å². The number of hydrogen-bond acceptors (Lipinski definition) is 1. The Hall–Kier alpha value is -0.890. The number of halogens is 1. The first-order valence-electron chi connectivity index (χ1n) is 5.49. The van der Waals surface area contributed by atoms with E-state index in [0.717, 1.165) is 12.0 Å². The minimum atomic E-state index is -0.172. The summed E-state index contributed by atoms with van der Waals surface area (Å²) in [5.41, 5.74) is 7.51. The van der Waals surface area contributed by atoms with E-state index < -0.39 is 0 Å². The molecule has 0 saturated heterocycles. The van der Waals surface area contributed by atoms with Crippen LogP contribution in [0.4, 0.5) is 4.39 Å². The largest absolute Gasteiger partial charge is 0.327 e. The van der Waals surface area contributed by atoms with Crippen LogP contribution in [0.15, 0.2) is 24.3 Å². The van der Waals surface area contributed by atoms with Crippen LogP contribution in [0.2, 0.25) is 0 Å². The molecule has 0 bridgehead atoms. The van der Waals surface area contributed by atoms with Crippen LogP contribution in [0.1, 0.15) is 25.8 Å². The highest BCUT2D eigenvalue weighted by Crippen LogP contribution is 2.53. The summed E-state index contributed by atoms with van der Waals surface area (Å²) < 4.78 is 12.9. The predicted molar refractivity (Wildman–Crippen MR) is 60.0 cm³/mol. The summed E-state index contributed by atoms with van der Waals surface area (Å²) in [4.78, 5) is 0. The standard InChI is InChI=1S/C13H18FN/c1-13(2)8-11(13)12(15)7-9-4-3-5-10(14)6-9/h3-6,11-12H,7-8,15H2,1-2H3. The molecular weight excluding hydrogens is 189 g/mol. The van der Waals surface area contributed by atoms with E-state index in [-0.39, 0.29) is 11.9 Å². The second-order valence-corrected chi connectivity index (χ2v) is 5.30. The first-order chi connectivity index (χ1) is 6.99. The minimum absolute atomic E-state index is 0.168. The summed E-state index contributed by atoms with van der Waals surface area (Å²) in [7, 11) is 0. The fourth-order valence-electron chi connectivity index (χ4n) is 2.32. The molecule has 1 fully saturated rings. The smallest absolute Gasteiger partial charge is 0.123 e. The maximum atomic E-state index is 12.9. The van der Waals surface area contributed by atoms with Gasteiger partial charge in [0.05, 0.1) is 0 Å². The molecule has 0 heterocycles. The van der Waals surface area contributed by atoms with Gasteiger partial charge in [-0.25, -0.2) is 4.39 Å². The van der Waals surface area contributed by atoms with Crippen molar-refractivity contribution in [1.82, 2.24) is 0 Å². The molecule has 1 nitrogen and oxygen atoms in total. The van der Waals surface area contributed by atoms with Gasteiger partial charge < -0.3 is 5.73 Å². The first kappa shape index (κ1) is 10.6. The van der Waals surface area contributed by atoms with Crippen molar-refractivity contribution in [1.29, 1.82) is 0 Å². The van der Waals surface area contributed by atoms with Crippen molar-refractivity contribution >= 4 is 0 Å². The zero-order chi connectivity index (χ0) is 11.1. The molecule has 2 rings (SSSR count). The Morgan fingerprint density at radius 1 is 1.53 bits per heavy atom. The zero-order valence-corrected chi connectivity index (χ0v) is 9.33. The van der Waals surface area contributed by atoms with E-state index in [1.807, 2.05) is 6.07 Å². The third kappa shape index (κ3) is 2.37. The lowest BCUT2D eigenvalue weighted by Gasteiger charge is -2.13. The van der Waals surface area contributed by atoms with E-state index in [2.05, 4.69) is 13.8 Å². The Morgan fingerprint density at radius 3 is 2.73 bits per heavy atom. The highest BCUT2D eigenvalue weighted by molar-refractivity contribution is 5.18. The predicted octanol–water partition coefficient (Wildman–Crippen LogP) is 2.74. The number of nitrogens with two attached hydrogens (primary N) is 1. The van der Waals surface area contributed by atoms with Gasteiger partial charge in [-0.05, 0) is 41.9 Å². The molecule has 82 valence electrons. The Balaban J connectivity index is 1.98. The summed E-state index contributed by atoms with van der Waals surface area (Å²) in [6.45, 7) is 4.48. The molecule has 0 aliphatic heterocycles. The van der Waals surface area contributed by atoms with Crippen molar-refractivity contribution in [3.8, 4) is 0 Å². The topological polar surface area (TPSA) is 26.0 Å². The van der Waals surface area contributed by atoms with E-state index in [1.54, 1.807) is 12.1 Å². The Labute approximate surface area is 90.5 Å². The molecule has 2 heteroatoms. The highest BCUT2D eigenvalue weighted by atomic mass is 19.1. The Morgan fingerprint density at radius 2 is 2.20 bits per heavy atom. The van der Waals surface area contributed by atoms with Crippen LogP contribution in [0.5, 0.6) is 0 Å². The van der Waals surface area contributed by atoms with Gasteiger partial charge in [-0.15, -0.1) is 0 Å². The lowest BCUT2D eigenvalue weighted by Crippen LogP contribution is -2.27. The maximum Gasteiger partial charge on any atom is 0.123 e. The van der Waals surface area contributed by atoms with E-state index in [1.165, 1.54) is 12.5 Å². The van der Waals surface area contributed by atoms with E-state index in [9.17, 15) is 4.39 Å². The molecule has 2 N–H and O–H groups in total.